The van der Waals surface area contributed by atoms with Crippen LogP contribution in [0.4, 0.5) is 24.9 Å². The summed E-state index contributed by atoms with van der Waals surface area (Å²) in [7, 11) is 0. The van der Waals surface area contributed by atoms with Crippen LogP contribution in [-0.4, -0.2) is 16.0 Å². The number of aromatic nitrogens is 2. The summed E-state index contributed by atoms with van der Waals surface area (Å²) in [5, 5.41) is 5.81. The first-order valence-electron chi connectivity index (χ1n) is 7.49. The molecule has 0 bridgehead atoms. The first-order valence-corrected chi connectivity index (χ1v) is 8.29. The van der Waals surface area contributed by atoms with Crippen LogP contribution in [0.2, 0.25) is 0 Å². The van der Waals surface area contributed by atoms with Gasteiger partial charge in [-0.2, -0.15) is 18.2 Å². The van der Waals surface area contributed by atoms with Gasteiger partial charge in [-0.1, -0.05) is 41.1 Å². The molecule has 0 spiro atoms. The SMILES string of the molecule is CC[C@H](C)Nc1nc(NCc2ccccc2Br)cc(C(F)(F)F)n1. The van der Waals surface area contributed by atoms with Gasteiger partial charge in [0.15, 0.2) is 5.69 Å². The Morgan fingerprint density at radius 2 is 1.92 bits per heavy atom. The lowest BCUT2D eigenvalue weighted by atomic mass is 10.2. The van der Waals surface area contributed by atoms with Crippen LogP contribution in [0.15, 0.2) is 34.8 Å². The molecule has 8 heteroatoms. The highest BCUT2D eigenvalue weighted by molar-refractivity contribution is 9.10. The molecule has 0 aliphatic carbocycles. The third kappa shape index (κ3) is 5.09. The largest absolute Gasteiger partial charge is 0.433 e. The van der Waals surface area contributed by atoms with E-state index < -0.39 is 11.9 Å². The minimum atomic E-state index is -4.53. The number of nitrogens with one attached hydrogen (secondary N) is 2. The highest BCUT2D eigenvalue weighted by Gasteiger charge is 2.33. The van der Waals surface area contributed by atoms with Crippen LogP contribution in [-0.2, 0) is 12.7 Å². The molecule has 1 aromatic carbocycles. The van der Waals surface area contributed by atoms with E-state index in [0.29, 0.717) is 6.54 Å². The second-order valence-corrected chi connectivity index (χ2v) is 6.21. The zero-order valence-corrected chi connectivity index (χ0v) is 14.9. The predicted molar refractivity (Wildman–Crippen MR) is 91.9 cm³/mol. The second-order valence-electron chi connectivity index (χ2n) is 5.36. The Balaban J connectivity index is 2.24. The lowest BCUT2D eigenvalue weighted by Crippen LogP contribution is -2.19. The minimum absolute atomic E-state index is 0.0235. The molecule has 4 nitrogen and oxygen atoms in total. The van der Waals surface area contributed by atoms with Crippen LogP contribution in [0, 0.1) is 0 Å². The van der Waals surface area contributed by atoms with Crippen molar-refractivity contribution in [2.45, 2.75) is 39.0 Å². The summed E-state index contributed by atoms with van der Waals surface area (Å²) in [6, 6.07) is 8.37. The monoisotopic (exact) mass is 402 g/mol. The molecule has 1 aromatic heterocycles. The van der Waals surface area contributed by atoms with Crippen molar-refractivity contribution in [3.05, 3.63) is 46.1 Å². The van der Waals surface area contributed by atoms with Crippen molar-refractivity contribution in [3.63, 3.8) is 0 Å². The smallest absolute Gasteiger partial charge is 0.366 e. The number of halogens is 4. The van der Waals surface area contributed by atoms with Crippen molar-refractivity contribution >= 4 is 27.7 Å². The van der Waals surface area contributed by atoms with Gasteiger partial charge in [-0.05, 0) is 25.0 Å². The lowest BCUT2D eigenvalue weighted by Gasteiger charge is -2.15. The molecule has 0 amide bonds. The van der Waals surface area contributed by atoms with Gasteiger partial charge in [0.2, 0.25) is 5.95 Å². The summed E-state index contributed by atoms with van der Waals surface area (Å²) in [5.41, 5.74) is -0.0564. The van der Waals surface area contributed by atoms with E-state index in [0.717, 1.165) is 22.5 Å². The van der Waals surface area contributed by atoms with Crippen molar-refractivity contribution in [1.82, 2.24) is 9.97 Å². The minimum Gasteiger partial charge on any atom is -0.366 e. The molecule has 0 saturated carbocycles. The third-order valence-electron chi connectivity index (χ3n) is 3.42. The first kappa shape index (κ1) is 18.5. The number of nitrogens with zero attached hydrogens (tertiary/aromatic N) is 2. The van der Waals surface area contributed by atoms with Crippen LogP contribution >= 0.6 is 15.9 Å². The summed E-state index contributed by atoms with van der Waals surface area (Å²) in [4.78, 5) is 7.70. The molecular weight excluding hydrogens is 385 g/mol. The molecule has 24 heavy (non-hydrogen) atoms. The molecule has 0 radical (unpaired) electrons. The topological polar surface area (TPSA) is 49.8 Å². The van der Waals surface area contributed by atoms with Gasteiger partial charge in [0.05, 0.1) is 0 Å². The third-order valence-corrected chi connectivity index (χ3v) is 4.20. The Morgan fingerprint density at radius 3 is 2.54 bits per heavy atom. The molecule has 2 rings (SSSR count). The Labute approximate surface area is 147 Å². The first-order chi connectivity index (χ1) is 11.3. The van der Waals surface area contributed by atoms with E-state index in [2.05, 4.69) is 36.5 Å². The van der Waals surface area contributed by atoms with Crippen molar-refractivity contribution in [2.75, 3.05) is 10.6 Å². The molecule has 0 unspecified atom stereocenters. The Hall–Kier alpha value is -1.83. The Kier molecular flexibility index (Phi) is 6.04. The summed E-state index contributed by atoms with van der Waals surface area (Å²) in [5.74, 6) is 0.0904. The Bertz CT molecular complexity index is 691. The molecule has 0 aliphatic heterocycles. The fourth-order valence-corrected chi connectivity index (χ4v) is 2.32. The van der Waals surface area contributed by atoms with Crippen LogP contribution in [0.1, 0.15) is 31.5 Å². The van der Waals surface area contributed by atoms with E-state index in [1.54, 1.807) is 0 Å². The van der Waals surface area contributed by atoms with Crippen molar-refractivity contribution in [1.29, 1.82) is 0 Å². The van der Waals surface area contributed by atoms with E-state index in [-0.39, 0.29) is 17.8 Å². The van der Waals surface area contributed by atoms with Crippen LogP contribution in [0.5, 0.6) is 0 Å². The quantitative estimate of drug-likeness (QED) is 0.707. The number of rotatable bonds is 6. The number of anilines is 2. The highest BCUT2D eigenvalue weighted by Crippen LogP contribution is 2.30. The molecule has 0 fully saturated rings. The number of alkyl halides is 3. The van der Waals surface area contributed by atoms with Gasteiger partial charge in [-0.25, -0.2) is 4.98 Å². The van der Waals surface area contributed by atoms with Gasteiger partial charge in [0.25, 0.3) is 0 Å². The average molecular weight is 403 g/mol. The van der Waals surface area contributed by atoms with E-state index in [4.69, 9.17) is 0 Å². The van der Waals surface area contributed by atoms with Crippen molar-refractivity contribution in [3.8, 4) is 0 Å². The van der Waals surface area contributed by atoms with Crippen LogP contribution in [0.25, 0.3) is 0 Å². The zero-order valence-electron chi connectivity index (χ0n) is 13.3. The molecule has 1 heterocycles. The van der Waals surface area contributed by atoms with Crippen LogP contribution in [0.3, 0.4) is 0 Å². The molecular formula is C16H18BrF3N4. The Morgan fingerprint density at radius 1 is 1.21 bits per heavy atom. The van der Waals surface area contributed by atoms with Crippen LogP contribution < -0.4 is 10.6 Å². The van der Waals surface area contributed by atoms with E-state index >= 15 is 0 Å². The molecule has 1 atom stereocenters. The maximum absolute atomic E-state index is 13.0. The predicted octanol–water partition coefficient (Wildman–Crippen LogP) is 5.08. The van der Waals surface area contributed by atoms with Gasteiger partial charge < -0.3 is 10.6 Å². The van der Waals surface area contributed by atoms with Crippen molar-refractivity contribution < 1.29 is 13.2 Å². The van der Waals surface area contributed by atoms with Gasteiger partial charge in [0.1, 0.15) is 5.82 Å². The average Bonchev–Trinajstić information content (AvgIpc) is 2.53. The zero-order chi connectivity index (χ0) is 17.7. The van der Waals surface area contributed by atoms with Gasteiger partial charge in [-0.3, -0.25) is 0 Å². The van der Waals surface area contributed by atoms with E-state index in [1.807, 2.05) is 38.1 Å². The number of hydrogen-bond acceptors (Lipinski definition) is 4. The lowest BCUT2D eigenvalue weighted by molar-refractivity contribution is -0.141. The normalized spacial score (nSPS) is 12.8. The summed E-state index contributed by atoms with van der Waals surface area (Å²) < 4.78 is 40.0. The standard InChI is InChI=1S/C16H18BrF3N4/c1-3-10(2)22-15-23-13(16(18,19)20)8-14(24-15)21-9-11-6-4-5-7-12(11)17/h4-8,10H,3,9H2,1-2H3,(H2,21,22,23,24)/t10-/m0/s1. The second kappa shape index (κ2) is 7.83. The van der Waals surface area contributed by atoms with Gasteiger partial charge >= 0.3 is 6.18 Å². The molecule has 2 N–H and O–H groups in total. The maximum atomic E-state index is 13.0. The van der Waals surface area contributed by atoms with E-state index in [1.165, 1.54) is 0 Å². The molecule has 0 aliphatic rings. The number of benzene rings is 1. The van der Waals surface area contributed by atoms with E-state index in [9.17, 15) is 13.2 Å². The fraction of sp³-hybridized carbons (Fsp3) is 0.375. The van der Waals surface area contributed by atoms with Gasteiger partial charge in [0, 0.05) is 23.1 Å². The molecule has 2 aromatic rings. The highest BCUT2D eigenvalue weighted by atomic mass is 79.9. The maximum Gasteiger partial charge on any atom is 0.433 e. The summed E-state index contributed by atoms with van der Waals surface area (Å²) >= 11 is 3.41. The van der Waals surface area contributed by atoms with Gasteiger partial charge in [-0.15, -0.1) is 0 Å². The molecule has 130 valence electrons. The fourth-order valence-electron chi connectivity index (χ4n) is 1.90. The van der Waals surface area contributed by atoms with Crippen molar-refractivity contribution in [2.24, 2.45) is 0 Å². The summed E-state index contributed by atoms with van der Waals surface area (Å²) in [6.45, 7) is 4.13. The number of hydrogen-bond donors (Lipinski definition) is 2. The summed E-state index contributed by atoms with van der Waals surface area (Å²) in [6.07, 6.45) is -3.78. The molecule has 0 saturated heterocycles.